The molecule has 24 heavy (non-hydrogen) atoms. The largest absolute Gasteiger partial charge is 0.378 e. The lowest BCUT2D eigenvalue weighted by Gasteiger charge is -2.32. The number of carbonyl (C=O) groups excluding carboxylic acids is 1. The van der Waals surface area contributed by atoms with E-state index < -0.39 is 0 Å². The summed E-state index contributed by atoms with van der Waals surface area (Å²) < 4.78 is 5.38. The van der Waals surface area contributed by atoms with Gasteiger partial charge in [0, 0.05) is 38.6 Å². The second-order valence-electron chi connectivity index (χ2n) is 6.82. The number of nitrogens with zero attached hydrogens (tertiary/aromatic N) is 2. The lowest BCUT2D eigenvalue weighted by atomic mass is 9.96. The van der Waals surface area contributed by atoms with Crippen molar-refractivity contribution in [3.63, 3.8) is 0 Å². The van der Waals surface area contributed by atoms with Crippen LogP contribution in [0, 0.1) is 5.92 Å². The van der Waals surface area contributed by atoms with Gasteiger partial charge in [0.2, 0.25) is 5.91 Å². The summed E-state index contributed by atoms with van der Waals surface area (Å²) in [5, 5.41) is 6.42. The molecule has 2 heterocycles. The van der Waals surface area contributed by atoms with Crippen molar-refractivity contribution in [1.29, 1.82) is 0 Å². The Morgan fingerprint density at radius 2 is 2.00 bits per heavy atom. The number of rotatable bonds is 7. The molecule has 0 radical (unpaired) electrons. The number of amides is 1. The van der Waals surface area contributed by atoms with Crippen LogP contribution in [0.1, 0.15) is 19.3 Å². The third kappa shape index (κ3) is 9.39. The number of hydrogen-bond donors (Lipinski definition) is 2. The van der Waals surface area contributed by atoms with Crippen molar-refractivity contribution in [3.05, 3.63) is 0 Å². The van der Waals surface area contributed by atoms with E-state index in [2.05, 4.69) is 34.5 Å². The molecule has 1 unspecified atom stereocenters. The topological polar surface area (TPSA) is 56.8 Å². The van der Waals surface area contributed by atoms with Gasteiger partial charge in [0.1, 0.15) is 0 Å². The van der Waals surface area contributed by atoms with E-state index in [1.54, 1.807) is 0 Å². The van der Waals surface area contributed by atoms with Crippen LogP contribution in [0.5, 0.6) is 0 Å². The SMILES string of the molecule is CN(C)CCN1CCC(CNC(=O)CC2COCCN2)CC1.Cl.Cl. The van der Waals surface area contributed by atoms with Gasteiger partial charge >= 0.3 is 0 Å². The lowest BCUT2D eigenvalue weighted by molar-refractivity contribution is -0.122. The monoisotopic (exact) mass is 384 g/mol. The Labute approximate surface area is 158 Å². The summed E-state index contributed by atoms with van der Waals surface area (Å²) in [7, 11) is 4.24. The molecule has 6 nitrogen and oxygen atoms in total. The van der Waals surface area contributed by atoms with Gasteiger partial charge in [0.05, 0.1) is 13.2 Å². The number of likely N-dealkylation sites (N-methyl/N-ethyl adjacent to an activating group) is 1. The highest BCUT2D eigenvalue weighted by molar-refractivity contribution is 5.85. The molecule has 2 aliphatic rings. The number of carbonyl (C=O) groups is 1. The summed E-state index contributed by atoms with van der Waals surface area (Å²) >= 11 is 0. The van der Waals surface area contributed by atoms with Crippen LogP contribution in [-0.2, 0) is 9.53 Å². The van der Waals surface area contributed by atoms with Crippen LogP contribution in [-0.4, -0.2) is 88.3 Å². The van der Waals surface area contributed by atoms with E-state index in [4.69, 9.17) is 4.74 Å². The summed E-state index contributed by atoms with van der Waals surface area (Å²) in [6.45, 7) is 7.68. The number of nitrogens with one attached hydrogen (secondary N) is 2. The molecule has 2 rings (SSSR count). The van der Waals surface area contributed by atoms with Gasteiger partial charge in [0.25, 0.3) is 0 Å². The number of piperidine rings is 1. The zero-order chi connectivity index (χ0) is 15.8. The van der Waals surface area contributed by atoms with Crippen LogP contribution in [0.3, 0.4) is 0 Å². The zero-order valence-electron chi connectivity index (χ0n) is 15.0. The highest BCUT2D eigenvalue weighted by Gasteiger charge is 2.21. The average Bonchev–Trinajstić information content (AvgIpc) is 2.53. The van der Waals surface area contributed by atoms with Crippen molar-refractivity contribution in [2.45, 2.75) is 25.3 Å². The van der Waals surface area contributed by atoms with E-state index in [1.807, 2.05) is 0 Å². The van der Waals surface area contributed by atoms with Crippen molar-refractivity contribution in [2.75, 3.05) is 66.6 Å². The molecule has 0 spiro atoms. The number of ether oxygens (including phenoxy) is 1. The predicted molar refractivity (Wildman–Crippen MR) is 102 cm³/mol. The fourth-order valence-corrected chi connectivity index (χ4v) is 3.06. The van der Waals surface area contributed by atoms with Gasteiger partial charge in [-0.1, -0.05) is 0 Å². The molecule has 1 atom stereocenters. The van der Waals surface area contributed by atoms with Gasteiger partial charge in [-0.2, -0.15) is 0 Å². The third-order valence-electron chi connectivity index (χ3n) is 4.59. The van der Waals surface area contributed by atoms with Crippen LogP contribution in [0.15, 0.2) is 0 Å². The zero-order valence-corrected chi connectivity index (χ0v) is 16.6. The normalized spacial score (nSPS) is 22.5. The van der Waals surface area contributed by atoms with Crippen molar-refractivity contribution < 1.29 is 9.53 Å². The molecule has 0 aromatic rings. The first-order valence-electron chi connectivity index (χ1n) is 8.58. The molecule has 0 bridgehead atoms. The first-order valence-corrected chi connectivity index (χ1v) is 8.58. The van der Waals surface area contributed by atoms with E-state index in [0.29, 0.717) is 18.9 Å². The minimum atomic E-state index is 0. The second kappa shape index (κ2) is 13.1. The molecule has 2 N–H and O–H groups in total. The highest BCUT2D eigenvalue weighted by atomic mass is 35.5. The maximum absolute atomic E-state index is 12.0. The van der Waals surface area contributed by atoms with Crippen LogP contribution >= 0.6 is 24.8 Å². The van der Waals surface area contributed by atoms with E-state index in [0.717, 1.165) is 45.9 Å². The number of halogens is 2. The summed E-state index contributed by atoms with van der Waals surface area (Å²) in [5.41, 5.74) is 0. The maximum Gasteiger partial charge on any atom is 0.221 e. The Balaban J connectivity index is 0.00000264. The summed E-state index contributed by atoms with van der Waals surface area (Å²) in [4.78, 5) is 16.7. The summed E-state index contributed by atoms with van der Waals surface area (Å²) in [6, 6.07) is 0.182. The Bertz CT molecular complexity index is 334. The molecule has 8 heteroatoms. The summed E-state index contributed by atoms with van der Waals surface area (Å²) in [6.07, 6.45) is 2.92. The third-order valence-corrected chi connectivity index (χ3v) is 4.59. The molecule has 2 fully saturated rings. The Morgan fingerprint density at radius 3 is 2.58 bits per heavy atom. The molecule has 1 amide bonds. The van der Waals surface area contributed by atoms with Crippen LogP contribution in [0.4, 0.5) is 0 Å². The molecule has 2 aliphatic heterocycles. The van der Waals surface area contributed by atoms with Crippen molar-refractivity contribution in [1.82, 2.24) is 20.4 Å². The van der Waals surface area contributed by atoms with Crippen molar-refractivity contribution in [3.8, 4) is 0 Å². The molecule has 2 saturated heterocycles. The number of morpholine rings is 1. The molecule has 0 aromatic heterocycles. The first-order chi connectivity index (χ1) is 10.6. The van der Waals surface area contributed by atoms with Crippen molar-refractivity contribution in [2.24, 2.45) is 5.92 Å². The Kier molecular flexibility index (Phi) is 13.1. The van der Waals surface area contributed by atoms with Crippen LogP contribution in [0.2, 0.25) is 0 Å². The molecule has 0 aromatic carbocycles. The minimum Gasteiger partial charge on any atom is -0.378 e. The van der Waals surface area contributed by atoms with Gasteiger partial charge in [-0.05, 0) is 45.9 Å². The standard InChI is InChI=1S/C16H32N4O2.2ClH/c1-19(2)8-9-20-6-3-14(4-7-20)12-18-16(21)11-15-13-22-10-5-17-15;;/h14-15,17H,3-13H2,1-2H3,(H,18,21);2*1H. The van der Waals surface area contributed by atoms with E-state index >= 15 is 0 Å². The minimum absolute atomic E-state index is 0. The average molecular weight is 385 g/mol. The van der Waals surface area contributed by atoms with E-state index in [1.165, 1.54) is 12.8 Å². The van der Waals surface area contributed by atoms with Gasteiger partial charge in [-0.25, -0.2) is 0 Å². The quantitative estimate of drug-likeness (QED) is 0.672. The van der Waals surface area contributed by atoms with Crippen molar-refractivity contribution >= 4 is 30.7 Å². The number of likely N-dealkylation sites (tertiary alicyclic amines) is 1. The molecular formula is C16H34Cl2N4O2. The van der Waals surface area contributed by atoms with Crippen LogP contribution < -0.4 is 10.6 Å². The predicted octanol–water partition coefficient (Wildman–Crippen LogP) is 0.598. The second-order valence-corrected chi connectivity index (χ2v) is 6.82. The first kappa shape index (κ1) is 23.9. The van der Waals surface area contributed by atoms with E-state index in [-0.39, 0.29) is 36.8 Å². The van der Waals surface area contributed by atoms with Gasteiger partial charge in [-0.15, -0.1) is 24.8 Å². The fourth-order valence-electron chi connectivity index (χ4n) is 3.06. The fraction of sp³-hybridized carbons (Fsp3) is 0.938. The van der Waals surface area contributed by atoms with Gasteiger partial charge in [0.15, 0.2) is 0 Å². The lowest BCUT2D eigenvalue weighted by Crippen LogP contribution is -2.45. The molecular weight excluding hydrogens is 351 g/mol. The molecule has 0 saturated carbocycles. The Hall–Kier alpha value is -0.110. The highest BCUT2D eigenvalue weighted by Crippen LogP contribution is 2.16. The smallest absolute Gasteiger partial charge is 0.221 e. The van der Waals surface area contributed by atoms with Crippen LogP contribution in [0.25, 0.3) is 0 Å². The van der Waals surface area contributed by atoms with E-state index in [9.17, 15) is 4.79 Å². The Morgan fingerprint density at radius 1 is 1.29 bits per heavy atom. The number of hydrogen-bond acceptors (Lipinski definition) is 5. The maximum atomic E-state index is 12.0. The van der Waals surface area contributed by atoms with Gasteiger partial charge < -0.3 is 25.2 Å². The summed E-state index contributed by atoms with van der Waals surface area (Å²) in [5.74, 6) is 0.785. The molecule has 0 aliphatic carbocycles. The molecule has 144 valence electrons. The van der Waals surface area contributed by atoms with Gasteiger partial charge in [-0.3, -0.25) is 4.79 Å².